The van der Waals surface area contributed by atoms with Crippen molar-refractivity contribution < 1.29 is 17.9 Å². The summed E-state index contributed by atoms with van der Waals surface area (Å²) in [6.07, 6.45) is -4.61. The third-order valence-corrected chi connectivity index (χ3v) is 1.55. The largest absolute Gasteiger partial charge is 0.574 e. The van der Waals surface area contributed by atoms with Crippen molar-refractivity contribution in [3.8, 4) is 5.88 Å². The molecule has 1 heterocycles. The highest BCUT2D eigenvalue weighted by molar-refractivity contribution is 5.19. The van der Waals surface area contributed by atoms with Crippen molar-refractivity contribution in [2.75, 3.05) is 0 Å². The van der Waals surface area contributed by atoms with Crippen LogP contribution in [0, 0.1) is 6.92 Å². The van der Waals surface area contributed by atoms with Gasteiger partial charge < -0.3 is 9.30 Å². The summed E-state index contributed by atoms with van der Waals surface area (Å²) in [7, 11) is 1.51. The number of nitrogens with zero attached hydrogens (tertiary/aromatic N) is 1. The highest BCUT2D eigenvalue weighted by Gasteiger charge is 2.32. The van der Waals surface area contributed by atoms with Crippen molar-refractivity contribution >= 4 is 0 Å². The molecule has 5 heteroatoms. The average molecular weight is 179 g/mol. The van der Waals surface area contributed by atoms with Crippen LogP contribution >= 0.6 is 0 Å². The quantitative estimate of drug-likeness (QED) is 0.644. The van der Waals surface area contributed by atoms with Crippen molar-refractivity contribution in [3.63, 3.8) is 0 Å². The fourth-order valence-corrected chi connectivity index (χ4v) is 0.810. The lowest BCUT2D eigenvalue weighted by Gasteiger charge is -2.09. The Balaban J connectivity index is 2.83. The van der Waals surface area contributed by atoms with Gasteiger partial charge in [0.15, 0.2) is 0 Å². The van der Waals surface area contributed by atoms with Crippen LogP contribution in [0.3, 0.4) is 0 Å². The van der Waals surface area contributed by atoms with Crippen molar-refractivity contribution in [1.82, 2.24) is 4.57 Å². The second-order valence-electron chi connectivity index (χ2n) is 2.42. The predicted molar refractivity (Wildman–Crippen MR) is 36.8 cm³/mol. The maximum atomic E-state index is 11.7. The number of aryl methyl sites for hydroxylation is 1. The summed E-state index contributed by atoms with van der Waals surface area (Å²) in [6.45, 7) is 1.70. The first-order valence-corrected chi connectivity index (χ1v) is 3.28. The summed E-state index contributed by atoms with van der Waals surface area (Å²) in [5.41, 5.74) is 0.717. The van der Waals surface area contributed by atoms with Crippen molar-refractivity contribution in [1.29, 1.82) is 0 Å². The van der Waals surface area contributed by atoms with Gasteiger partial charge in [0.1, 0.15) is 0 Å². The van der Waals surface area contributed by atoms with Gasteiger partial charge in [-0.05, 0) is 13.0 Å². The molecule has 0 bridgehead atoms. The SMILES string of the molecule is Cc1ccc(OC(F)(F)F)n1C. The minimum absolute atomic E-state index is 0.194. The molecule has 0 radical (unpaired) electrons. The van der Waals surface area contributed by atoms with Crippen LogP contribution in [0.5, 0.6) is 5.88 Å². The Labute approximate surface area is 67.6 Å². The topological polar surface area (TPSA) is 14.2 Å². The lowest BCUT2D eigenvalue weighted by Crippen LogP contribution is -2.18. The number of halogens is 3. The number of hydrogen-bond acceptors (Lipinski definition) is 1. The van der Waals surface area contributed by atoms with Gasteiger partial charge in [-0.15, -0.1) is 13.2 Å². The maximum absolute atomic E-state index is 11.7. The zero-order valence-electron chi connectivity index (χ0n) is 6.64. The van der Waals surface area contributed by atoms with E-state index in [0.29, 0.717) is 5.69 Å². The van der Waals surface area contributed by atoms with Crippen LogP contribution in [-0.4, -0.2) is 10.9 Å². The number of rotatable bonds is 1. The molecular weight excluding hydrogens is 171 g/mol. The molecule has 0 aliphatic carbocycles. The van der Waals surface area contributed by atoms with E-state index in [0.717, 1.165) is 0 Å². The molecule has 1 rings (SSSR count). The van der Waals surface area contributed by atoms with Gasteiger partial charge in [-0.2, -0.15) is 0 Å². The van der Waals surface area contributed by atoms with E-state index >= 15 is 0 Å². The molecule has 1 aromatic rings. The summed E-state index contributed by atoms with van der Waals surface area (Å²) in [5, 5.41) is 0. The smallest absolute Gasteiger partial charge is 0.390 e. The van der Waals surface area contributed by atoms with Gasteiger partial charge in [0.05, 0.1) is 0 Å². The third-order valence-electron chi connectivity index (χ3n) is 1.55. The summed E-state index contributed by atoms with van der Waals surface area (Å²) in [5.74, 6) is -0.194. The zero-order chi connectivity index (χ0) is 9.35. The second kappa shape index (κ2) is 2.73. The van der Waals surface area contributed by atoms with Gasteiger partial charge in [0.2, 0.25) is 5.88 Å². The first kappa shape index (κ1) is 8.96. The number of hydrogen-bond donors (Lipinski definition) is 0. The lowest BCUT2D eigenvalue weighted by atomic mass is 10.5. The van der Waals surface area contributed by atoms with E-state index in [1.807, 2.05) is 0 Å². The number of aromatic nitrogens is 1. The van der Waals surface area contributed by atoms with Crippen molar-refractivity contribution in [3.05, 3.63) is 17.8 Å². The third kappa shape index (κ3) is 1.93. The van der Waals surface area contributed by atoms with Crippen LogP contribution in [0.25, 0.3) is 0 Å². The Hall–Kier alpha value is -1.13. The molecule has 0 saturated heterocycles. The Bertz CT molecular complexity index is 277. The zero-order valence-corrected chi connectivity index (χ0v) is 6.64. The van der Waals surface area contributed by atoms with Gasteiger partial charge >= 0.3 is 6.36 Å². The van der Waals surface area contributed by atoms with E-state index in [1.165, 1.54) is 17.7 Å². The lowest BCUT2D eigenvalue weighted by molar-refractivity contribution is -0.276. The van der Waals surface area contributed by atoms with Gasteiger partial charge in [0.25, 0.3) is 0 Å². The summed E-state index contributed by atoms with van der Waals surface area (Å²) in [4.78, 5) is 0. The molecule has 0 aliphatic rings. The Morgan fingerprint density at radius 3 is 2.25 bits per heavy atom. The Morgan fingerprint density at radius 2 is 1.92 bits per heavy atom. The summed E-state index contributed by atoms with van der Waals surface area (Å²) < 4.78 is 40.1. The Kier molecular flexibility index (Phi) is 2.04. The summed E-state index contributed by atoms with van der Waals surface area (Å²) >= 11 is 0. The number of ether oxygens (including phenoxy) is 1. The molecule has 0 unspecified atom stereocenters. The molecule has 12 heavy (non-hydrogen) atoms. The van der Waals surface area contributed by atoms with Crippen molar-refractivity contribution in [2.24, 2.45) is 7.05 Å². The van der Waals surface area contributed by atoms with Crippen LogP contribution in [-0.2, 0) is 7.05 Å². The van der Waals surface area contributed by atoms with Crippen LogP contribution in [0.1, 0.15) is 5.69 Å². The first-order chi connectivity index (χ1) is 5.40. The van der Waals surface area contributed by atoms with Crippen molar-refractivity contribution in [2.45, 2.75) is 13.3 Å². The molecule has 2 nitrogen and oxygen atoms in total. The fraction of sp³-hybridized carbons (Fsp3) is 0.429. The molecule has 0 atom stereocenters. The molecule has 1 aromatic heterocycles. The fourth-order valence-electron chi connectivity index (χ4n) is 0.810. The maximum Gasteiger partial charge on any atom is 0.574 e. The molecule has 68 valence electrons. The predicted octanol–water partition coefficient (Wildman–Crippen LogP) is 2.23. The van der Waals surface area contributed by atoms with Gasteiger partial charge in [-0.25, -0.2) is 0 Å². The van der Waals surface area contributed by atoms with Gasteiger partial charge in [0, 0.05) is 18.8 Å². The van der Waals surface area contributed by atoms with Crippen LogP contribution < -0.4 is 4.74 Å². The normalized spacial score (nSPS) is 11.8. The van der Waals surface area contributed by atoms with Gasteiger partial charge in [-0.3, -0.25) is 0 Å². The highest BCUT2D eigenvalue weighted by Crippen LogP contribution is 2.23. The van der Waals surface area contributed by atoms with E-state index in [9.17, 15) is 13.2 Å². The van der Waals surface area contributed by atoms with E-state index in [2.05, 4.69) is 4.74 Å². The summed E-state index contributed by atoms with van der Waals surface area (Å²) in [6, 6.07) is 2.84. The molecule has 0 spiro atoms. The minimum atomic E-state index is -4.61. The molecule has 0 aliphatic heterocycles. The molecule has 0 amide bonds. The van der Waals surface area contributed by atoms with E-state index < -0.39 is 6.36 Å². The van der Waals surface area contributed by atoms with Crippen LogP contribution in [0.15, 0.2) is 12.1 Å². The number of alkyl halides is 3. The monoisotopic (exact) mass is 179 g/mol. The highest BCUT2D eigenvalue weighted by atomic mass is 19.4. The van der Waals surface area contributed by atoms with Crippen LogP contribution in [0.2, 0.25) is 0 Å². The molecule has 0 aromatic carbocycles. The van der Waals surface area contributed by atoms with E-state index in [-0.39, 0.29) is 5.88 Å². The standard InChI is InChI=1S/C7H8F3NO/c1-5-3-4-6(11(5)2)12-7(8,9)10/h3-4H,1-2H3. The molecule has 0 saturated carbocycles. The molecular formula is C7H8F3NO. The second-order valence-corrected chi connectivity index (χ2v) is 2.42. The van der Waals surface area contributed by atoms with Gasteiger partial charge in [-0.1, -0.05) is 0 Å². The molecule has 0 N–H and O–H groups in total. The van der Waals surface area contributed by atoms with E-state index in [4.69, 9.17) is 0 Å². The van der Waals surface area contributed by atoms with Crippen LogP contribution in [0.4, 0.5) is 13.2 Å². The first-order valence-electron chi connectivity index (χ1n) is 3.28. The minimum Gasteiger partial charge on any atom is -0.390 e. The van der Waals surface area contributed by atoms with E-state index in [1.54, 1.807) is 13.0 Å². The molecule has 0 fully saturated rings. The Morgan fingerprint density at radius 1 is 1.33 bits per heavy atom. The average Bonchev–Trinajstić information content (AvgIpc) is 2.16.